The number of rotatable bonds is 19. The summed E-state index contributed by atoms with van der Waals surface area (Å²) in [6, 6.07) is 0.768. The number of aliphatic carboxylic acids is 2. The average Bonchev–Trinajstić information content (AvgIpc) is 2.88. The van der Waals surface area contributed by atoms with Crippen molar-refractivity contribution in [3.63, 3.8) is 0 Å². The molecule has 0 aliphatic rings. The van der Waals surface area contributed by atoms with Crippen LogP contribution in [0.15, 0.2) is 24.3 Å². The highest BCUT2D eigenvalue weighted by Gasteiger charge is 2.31. The van der Waals surface area contributed by atoms with E-state index in [2.05, 4.69) is 16.0 Å². The zero-order chi connectivity index (χ0) is 29.4. The molecule has 0 aliphatic heterocycles. The SMILES string of the molecule is NCCCCC(N)C(=O)NC(CCCCN)C(=O)NC(Cc1ccc(O)cc1)C(=O)NC(CC(=O)O)C(=O)O. The molecule has 0 saturated carbocycles. The lowest BCUT2D eigenvalue weighted by Crippen LogP contribution is -2.57. The van der Waals surface area contributed by atoms with Crippen molar-refractivity contribution in [1.29, 1.82) is 0 Å². The first-order valence-corrected chi connectivity index (χ1v) is 12.8. The minimum atomic E-state index is -1.74. The Morgan fingerprint density at radius 2 is 1.23 bits per heavy atom. The van der Waals surface area contributed by atoms with Gasteiger partial charge in [0.2, 0.25) is 17.7 Å². The number of hydrogen-bond acceptors (Lipinski definition) is 9. The topological polar surface area (TPSA) is 260 Å². The highest BCUT2D eigenvalue weighted by atomic mass is 16.4. The van der Waals surface area contributed by atoms with Crippen LogP contribution < -0.4 is 33.2 Å². The lowest BCUT2D eigenvalue weighted by atomic mass is 10.0. The summed E-state index contributed by atoms with van der Waals surface area (Å²) in [5.41, 5.74) is 17.5. The third-order valence-corrected chi connectivity index (χ3v) is 5.89. The van der Waals surface area contributed by atoms with E-state index in [1.54, 1.807) is 0 Å². The van der Waals surface area contributed by atoms with E-state index in [1.807, 2.05) is 0 Å². The van der Waals surface area contributed by atoms with Crippen LogP contribution in [0, 0.1) is 0 Å². The number of unbranched alkanes of at least 4 members (excludes halogenated alkanes) is 2. The number of phenolic OH excluding ortho intramolecular Hbond substituents is 1. The molecule has 0 bridgehead atoms. The Labute approximate surface area is 226 Å². The summed E-state index contributed by atoms with van der Waals surface area (Å²) in [5, 5.41) is 35.2. The molecule has 4 atom stereocenters. The van der Waals surface area contributed by atoms with Crippen LogP contribution >= 0.6 is 0 Å². The van der Waals surface area contributed by atoms with Gasteiger partial charge < -0.3 is 48.5 Å². The third-order valence-electron chi connectivity index (χ3n) is 5.89. The zero-order valence-electron chi connectivity index (χ0n) is 21.8. The molecule has 1 aromatic carbocycles. The van der Waals surface area contributed by atoms with E-state index in [-0.39, 0.29) is 18.6 Å². The maximum Gasteiger partial charge on any atom is 0.326 e. The number of nitrogens with two attached hydrogens (primary N) is 3. The summed E-state index contributed by atoms with van der Waals surface area (Å²) in [5.74, 6) is -5.22. The number of benzene rings is 1. The van der Waals surface area contributed by atoms with Crippen LogP contribution in [-0.2, 0) is 30.4 Å². The predicted octanol–water partition coefficient (Wildman–Crippen LogP) is -1.47. The molecule has 0 spiro atoms. The zero-order valence-corrected chi connectivity index (χ0v) is 21.8. The first-order chi connectivity index (χ1) is 18.5. The number of phenols is 1. The van der Waals surface area contributed by atoms with Crippen molar-refractivity contribution in [2.75, 3.05) is 13.1 Å². The van der Waals surface area contributed by atoms with Gasteiger partial charge in [-0.2, -0.15) is 0 Å². The van der Waals surface area contributed by atoms with Crippen LogP contribution in [0.5, 0.6) is 5.75 Å². The quantitative estimate of drug-likeness (QED) is 0.0895. The second-order valence-electron chi connectivity index (χ2n) is 9.17. The van der Waals surface area contributed by atoms with E-state index in [0.717, 1.165) is 0 Å². The largest absolute Gasteiger partial charge is 0.508 e. The smallest absolute Gasteiger partial charge is 0.326 e. The van der Waals surface area contributed by atoms with Gasteiger partial charge in [0.1, 0.15) is 23.9 Å². The van der Waals surface area contributed by atoms with Crippen molar-refractivity contribution in [3.05, 3.63) is 29.8 Å². The molecule has 39 heavy (non-hydrogen) atoms. The molecule has 1 aromatic rings. The van der Waals surface area contributed by atoms with E-state index < -0.39 is 60.2 Å². The molecule has 218 valence electrons. The molecular weight excluding hydrogens is 512 g/mol. The van der Waals surface area contributed by atoms with E-state index >= 15 is 0 Å². The molecule has 0 heterocycles. The molecule has 12 N–H and O–H groups in total. The molecule has 3 amide bonds. The van der Waals surface area contributed by atoms with Crippen molar-refractivity contribution >= 4 is 29.7 Å². The second kappa shape index (κ2) is 17.7. The predicted molar refractivity (Wildman–Crippen MR) is 141 cm³/mol. The maximum atomic E-state index is 13.3. The first-order valence-electron chi connectivity index (χ1n) is 12.8. The highest BCUT2D eigenvalue weighted by molar-refractivity contribution is 5.94. The monoisotopic (exact) mass is 552 g/mol. The number of nitrogens with one attached hydrogen (secondary N) is 3. The van der Waals surface area contributed by atoms with Gasteiger partial charge in [-0.3, -0.25) is 19.2 Å². The van der Waals surface area contributed by atoms with Crippen LogP contribution in [0.1, 0.15) is 50.5 Å². The van der Waals surface area contributed by atoms with Crippen molar-refractivity contribution in [1.82, 2.24) is 16.0 Å². The van der Waals surface area contributed by atoms with Crippen LogP contribution in [-0.4, -0.2) is 82.2 Å². The lowest BCUT2D eigenvalue weighted by molar-refractivity contribution is -0.147. The summed E-state index contributed by atoms with van der Waals surface area (Å²) in [6.45, 7) is 0.824. The van der Waals surface area contributed by atoms with Crippen LogP contribution in [0.25, 0.3) is 0 Å². The molecule has 0 aliphatic carbocycles. The van der Waals surface area contributed by atoms with E-state index in [4.69, 9.17) is 22.3 Å². The Bertz CT molecular complexity index is 958. The van der Waals surface area contributed by atoms with Gasteiger partial charge >= 0.3 is 11.9 Å². The number of carbonyl (C=O) groups is 5. The molecule has 4 unspecified atom stereocenters. The fourth-order valence-electron chi connectivity index (χ4n) is 3.68. The van der Waals surface area contributed by atoms with Crippen molar-refractivity contribution in [3.8, 4) is 5.75 Å². The molecule has 14 nitrogen and oxygen atoms in total. The Morgan fingerprint density at radius 1 is 0.718 bits per heavy atom. The van der Waals surface area contributed by atoms with Gasteiger partial charge in [-0.25, -0.2) is 4.79 Å². The third kappa shape index (κ3) is 13.0. The molecular formula is C25H40N6O8. The van der Waals surface area contributed by atoms with E-state index in [0.29, 0.717) is 50.8 Å². The normalized spacial score (nSPS) is 13.9. The summed E-state index contributed by atoms with van der Waals surface area (Å²) in [6.07, 6.45) is 1.97. The highest BCUT2D eigenvalue weighted by Crippen LogP contribution is 2.12. The van der Waals surface area contributed by atoms with Crippen molar-refractivity contribution in [2.24, 2.45) is 17.2 Å². The molecule has 14 heteroatoms. The molecule has 0 radical (unpaired) electrons. The number of carboxylic acids is 2. The lowest BCUT2D eigenvalue weighted by Gasteiger charge is -2.25. The Kier molecular flexibility index (Phi) is 15.1. The molecule has 1 rings (SSSR count). The summed E-state index contributed by atoms with van der Waals surface area (Å²) in [7, 11) is 0. The first kappa shape index (κ1) is 33.3. The second-order valence-corrected chi connectivity index (χ2v) is 9.17. The van der Waals surface area contributed by atoms with Gasteiger partial charge in [0.05, 0.1) is 12.5 Å². The number of hydrogen-bond donors (Lipinski definition) is 9. The maximum absolute atomic E-state index is 13.3. The summed E-state index contributed by atoms with van der Waals surface area (Å²) >= 11 is 0. The van der Waals surface area contributed by atoms with Crippen LogP contribution in [0.4, 0.5) is 0 Å². The van der Waals surface area contributed by atoms with Gasteiger partial charge in [-0.15, -0.1) is 0 Å². The summed E-state index contributed by atoms with van der Waals surface area (Å²) < 4.78 is 0. The standard InChI is InChI=1S/C25H40N6O8/c26-11-3-1-5-17(28)22(35)29-18(6-2-4-12-27)23(36)30-19(13-15-7-9-16(32)10-8-15)24(37)31-20(25(38)39)14-21(33)34/h7-10,17-20,32H,1-6,11-14,26-28H2,(H,29,35)(H,30,36)(H,31,37)(H,33,34)(H,38,39). The molecule has 0 saturated heterocycles. The van der Waals surface area contributed by atoms with Crippen LogP contribution in [0.2, 0.25) is 0 Å². The molecule has 0 fully saturated rings. The number of aromatic hydroxyl groups is 1. The van der Waals surface area contributed by atoms with Crippen LogP contribution in [0.3, 0.4) is 0 Å². The molecule has 0 aromatic heterocycles. The van der Waals surface area contributed by atoms with Crippen molar-refractivity contribution < 1.29 is 39.3 Å². The van der Waals surface area contributed by atoms with Gasteiger partial charge in [0.15, 0.2) is 0 Å². The van der Waals surface area contributed by atoms with Gasteiger partial charge in [0, 0.05) is 6.42 Å². The van der Waals surface area contributed by atoms with E-state index in [9.17, 15) is 34.2 Å². The fourth-order valence-corrected chi connectivity index (χ4v) is 3.68. The fraction of sp³-hybridized carbons (Fsp3) is 0.560. The van der Waals surface area contributed by atoms with E-state index in [1.165, 1.54) is 24.3 Å². The number of amides is 3. The van der Waals surface area contributed by atoms with Gasteiger partial charge in [0.25, 0.3) is 0 Å². The summed E-state index contributed by atoms with van der Waals surface area (Å²) in [4.78, 5) is 61.5. The minimum absolute atomic E-state index is 0.0262. The minimum Gasteiger partial charge on any atom is -0.508 e. The Morgan fingerprint density at radius 3 is 1.77 bits per heavy atom. The van der Waals surface area contributed by atoms with Gasteiger partial charge in [-0.05, 0) is 62.9 Å². The number of carbonyl (C=O) groups excluding carboxylic acids is 3. The van der Waals surface area contributed by atoms with Gasteiger partial charge in [-0.1, -0.05) is 18.6 Å². The van der Waals surface area contributed by atoms with Crippen molar-refractivity contribution in [2.45, 2.75) is 75.5 Å². The number of carboxylic acid groups (broad SMARTS) is 2. The Balaban J connectivity index is 3.12. The average molecular weight is 553 g/mol. The Hall–Kier alpha value is -3.75.